The van der Waals surface area contributed by atoms with E-state index in [0.29, 0.717) is 33.4 Å². The first-order valence-electron chi connectivity index (χ1n) is 9.03. The van der Waals surface area contributed by atoms with Gasteiger partial charge in [0.15, 0.2) is 5.82 Å². The Kier molecular flexibility index (Phi) is 5.29. The van der Waals surface area contributed by atoms with Gasteiger partial charge in [-0.1, -0.05) is 15.9 Å². The van der Waals surface area contributed by atoms with E-state index in [1.54, 1.807) is 50.4 Å². The van der Waals surface area contributed by atoms with Crippen LogP contribution in [-0.2, 0) is 0 Å². The molecule has 2 heterocycles. The Morgan fingerprint density at radius 1 is 1.10 bits per heavy atom. The van der Waals surface area contributed by atoms with Crippen LogP contribution in [0.15, 0.2) is 53.4 Å². The zero-order valence-corrected chi connectivity index (χ0v) is 17.3. The molecule has 0 saturated heterocycles. The van der Waals surface area contributed by atoms with E-state index in [2.05, 4.69) is 36.2 Å². The maximum Gasteiger partial charge on any atom is 0.156 e. The van der Waals surface area contributed by atoms with E-state index in [1.807, 2.05) is 6.07 Å². The second kappa shape index (κ2) is 7.88. The zero-order valence-electron chi connectivity index (χ0n) is 15.7. The van der Waals surface area contributed by atoms with Crippen LogP contribution in [0.2, 0.25) is 0 Å². The predicted molar refractivity (Wildman–Crippen MR) is 114 cm³/mol. The molecule has 0 unspecified atom stereocenters. The van der Waals surface area contributed by atoms with Crippen LogP contribution >= 0.6 is 15.9 Å². The Morgan fingerprint density at radius 2 is 1.93 bits per heavy atom. The summed E-state index contributed by atoms with van der Waals surface area (Å²) < 4.78 is 21.7. The molecule has 2 aromatic heterocycles. The van der Waals surface area contributed by atoms with E-state index < -0.39 is 18.0 Å². The first-order chi connectivity index (χ1) is 13.9. The summed E-state index contributed by atoms with van der Waals surface area (Å²) in [5.74, 6) is 0.463. The highest BCUT2D eigenvalue weighted by molar-refractivity contribution is 9.10. The minimum absolute atomic E-state index is 0.267. The zero-order chi connectivity index (χ0) is 20.5. The van der Waals surface area contributed by atoms with Crippen LogP contribution in [-0.4, -0.2) is 32.3 Å². The van der Waals surface area contributed by atoms with Crippen molar-refractivity contribution in [1.82, 2.24) is 15.0 Å². The first kappa shape index (κ1) is 19.5. The summed E-state index contributed by atoms with van der Waals surface area (Å²) in [6, 6.07) is 10.3. The van der Waals surface area contributed by atoms with Gasteiger partial charge in [0.2, 0.25) is 0 Å². The monoisotopic (exact) mass is 456 g/mol. The van der Waals surface area contributed by atoms with Gasteiger partial charge in [0.1, 0.15) is 24.0 Å². The van der Waals surface area contributed by atoms with E-state index in [-0.39, 0.29) is 5.69 Å². The molecule has 0 aliphatic rings. The van der Waals surface area contributed by atoms with Gasteiger partial charge in [-0.3, -0.25) is 4.98 Å². The average Bonchev–Trinajstić information content (AvgIpc) is 2.70. The smallest absolute Gasteiger partial charge is 0.156 e. The molecule has 0 amide bonds. The molecule has 0 saturated carbocycles. The Balaban J connectivity index is 1.83. The van der Waals surface area contributed by atoms with E-state index in [4.69, 9.17) is 4.74 Å². The van der Waals surface area contributed by atoms with Gasteiger partial charge in [-0.05, 0) is 50.2 Å². The molecule has 4 rings (SSSR count). The lowest BCUT2D eigenvalue weighted by molar-refractivity contribution is 0.0614. The molecule has 0 aliphatic heterocycles. The molecule has 8 heteroatoms. The molecule has 148 valence electrons. The Bertz CT molecular complexity index is 1200. The lowest BCUT2D eigenvalue weighted by Crippen LogP contribution is -2.25. The molecule has 2 atom stereocenters. The van der Waals surface area contributed by atoms with E-state index in [0.717, 1.165) is 4.47 Å². The number of nitrogens with one attached hydrogen (secondary N) is 1. The van der Waals surface area contributed by atoms with E-state index in [1.165, 1.54) is 6.33 Å². The number of anilines is 2. The van der Waals surface area contributed by atoms with Crippen LogP contribution in [0.3, 0.4) is 0 Å². The minimum atomic E-state index is -0.671. The standard InChI is InChI=1S/C21H18BrFN4O2/c1-11(28)12(2)29-18-9-13(22)8-17-19(18)21(26-10-25-17)27-16-6-5-15-14(20(16)23)4-3-7-24-15/h3-12,28H,1-2H3,(H,25,26,27)/t11-,12+/m1/s1. The maximum absolute atomic E-state index is 15.0. The number of hydrogen-bond donors (Lipinski definition) is 2. The fourth-order valence-corrected chi connectivity index (χ4v) is 3.37. The largest absolute Gasteiger partial charge is 0.487 e. The molecule has 0 fully saturated rings. The highest BCUT2D eigenvalue weighted by Crippen LogP contribution is 2.36. The third kappa shape index (κ3) is 3.86. The molecule has 0 radical (unpaired) electrons. The molecule has 0 aliphatic carbocycles. The van der Waals surface area contributed by atoms with Gasteiger partial charge in [-0.25, -0.2) is 14.4 Å². The lowest BCUT2D eigenvalue weighted by Gasteiger charge is -2.20. The van der Waals surface area contributed by atoms with E-state index >= 15 is 4.39 Å². The van der Waals surface area contributed by atoms with Crippen LogP contribution in [0.1, 0.15) is 13.8 Å². The molecular weight excluding hydrogens is 439 g/mol. The van der Waals surface area contributed by atoms with Crippen molar-refractivity contribution in [2.45, 2.75) is 26.1 Å². The number of ether oxygens (including phenoxy) is 1. The minimum Gasteiger partial charge on any atom is -0.487 e. The second-order valence-electron chi connectivity index (χ2n) is 6.71. The summed E-state index contributed by atoms with van der Waals surface area (Å²) >= 11 is 3.45. The van der Waals surface area contributed by atoms with Crippen molar-refractivity contribution in [3.63, 3.8) is 0 Å². The SMILES string of the molecule is C[C@H](Oc1cc(Br)cc2ncnc(Nc3ccc4ncccc4c3F)c12)[C@@H](C)O. The number of nitrogens with zero attached hydrogens (tertiary/aromatic N) is 3. The number of halogens is 2. The lowest BCUT2D eigenvalue weighted by atomic mass is 10.1. The Hall–Kier alpha value is -2.84. The number of aromatic nitrogens is 3. The van der Waals surface area contributed by atoms with Crippen LogP contribution in [0.5, 0.6) is 5.75 Å². The van der Waals surface area contributed by atoms with Crippen LogP contribution < -0.4 is 10.1 Å². The summed E-state index contributed by atoms with van der Waals surface area (Å²) in [6.07, 6.45) is 1.90. The summed E-state index contributed by atoms with van der Waals surface area (Å²) in [5.41, 5.74) is 1.46. The van der Waals surface area contributed by atoms with Crippen molar-refractivity contribution < 1.29 is 14.2 Å². The molecular formula is C21H18BrFN4O2. The van der Waals surface area contributed by atoms with Crippen LogP contribution in [0.25, 0.3) is 21.8 Å². The molecule has 2 aromatic carbocycles. The number of fused-ring (bicyclic) bond motifs is 2. The Morgan fingerprint density at radius 3 is 2.72 bits per heavy atom. The van der Waals surface area contributed by atoms with Gasteiger partial charge in [-0.15, -0.1) is 0 Å². The Labute approximate surface area is 174 Å². The van der Waals surface area contributed by atoms with Crippen LogP contribution in [0.4, 0.5) is 15.9 Å². The third-order valence-electron chi connectivity index (χ3n) is 4.63. The fourth-order valence-electron chi connectivity index (χ4n) is 2.95. The third-order valence-corrected chi connectivity index (χ3v) is 5.09. The van der Waals surface area contributed by atoms with Crippen molar-refractivity contribution in [2.24, 2.45) is 0 Å². The summed E-state index contributed by atoms with van der Waals surface area (Å²) in [5, 5.41) is 13.9. The number of hydrogen-bond acceptors (Lipinski definition) is 6. The number of benzene rings is 2. The van der Waals surface area contributed by atoms with Crippen molar-refractivity contribution >= 4 is 49.2 Å². The van der Waals surface area contributed by atoms with Crippen molar-refractivity contribution in [2.75, 3.05) is 5.32 Å². The molecule has 4 aromatic rings. The number of pyridine rings is 1. The van der Waals surface area contributed by atoms with Gasteiger partial charge in [0, 0.05) is 16.1 Å². The first-order valence-corrected chi connectivity index (χ1v) is 9.82. The van der Waals surface area contributed by atoms with Crippen molar-refractivity contribution in [3.05, 3.63) is 59.2 Å². The second-order valence-corrected chi connectivity index (χ2v) is 7.62. The van der Waals surface area contributed by atoms with Crippen molar-refractivity contribution in [3.8, 4) is 5.75 Å². The fraction of sp³-hybridized carbons (Fsp3) is 0.190. The van der Waals surface area contributed by atoms with Gasteiger partial charge < -0.3 is 15.2 Å². The quantitative estimate of drug-likeness (QED) is 0.441. The summed E-state index contributed by atoms with van der Waals surface area (Å²) in [6.45, 7) is 3.42. The summed E-state index contributed by atoms with van der Waals surface area (Å²) in [7, 11) is 0. The van der Waals surface area contributed by atoms with Gasteiger partial charge in [-0.2, -0.15) is 0 Å². The molecule has 6 nitrogen and oxygen atoms in total. The topological polar surface area (TPSA) is 80.2 Å². The normalized spacial score (nSPS) is 13.4. The van der Waals surface area contributed by atoms with Gasteiger partial charge in [0.05, 0.1) is 28.2 Å². The molecule has 2 N–H and O–H groups in total. The van der Waals surface area contributed by atoms with E-state index in [9.17, 15) is 5.11 Å². The van der Waals surface area contributed by atoms with Gasteiger partial charge in [0.25, 0.3) is 0 Å². The number of aliphatic hydroxyl groups is 1. The molecule has 0 spiro atoms. The summed E-state index contributed by atoms with van der Waals surface area (Å²) in [4.78, 5) is 12.8. The highest BCUT2D eigenvalue weighted by atomic mass is 79.9. The molecule has 0 bridgehead atoms. The number of rotatable bonds is 5. The predicted octanol–water partition coefficient (Wildman–Crippen LogP) is 4.97. The number of aliphatic hydroxyl groups excluding tert-OH is 1. The molecule has 29 heavy (non-hydrogen) atoms. The highest BCUT2D eigenvalue weighted by Gasteiger charge is 2.18. The van der Waals surface area contributed by atoms with Gasteiger partial charge >= 0.3 is 0 Å². The maximum atomic E-state index is 15.0. The van der Waals surface area contributed by atoms with Crippen LogP contribution in [0, 0.1) is 5.82 Å². The average molecular weight is 457 g/mol. The van der Waals surface area contributed by atoms with Crippen molar-refractivity contribution in [1.29, 1.82) is 0 Å².